The van der Waals surface area contributed by atoms with Gasteiger partial charge in [-0.15, -0.1) is 0 Å². The van der Waals surface area contributed by atoms with E-state index in [9.17, 15) is 9.59 Å². The summed E-state index contributed by atoms with van der Waals surface area (Å²) < 4.78 is 0.786. The van der Waals surface area contributed by atoms with E-state index >= 15 is 0 Å². The molecule has 0 fully saturated rings. The van der Waals surface area contributed by atoms with Gasteiger partial charge in [0, 0.05) is 16.0 Å². The average molecular weight is 368 g/mol. The maximum absolute atomic E-state index is 11.9. The molecule has 2 rings (SSSR count). The molecule has 0 atom stereocenters. The number of nitrogens with one attached hydrogen (secondary N) is 1. The summed E-state index contributed by atoms with van der Waals surface area (Å²) in [5.74, 6) is -1.48. The van der Waals surface area contributed by atoms with E-state index in [4.69, 9.17) is 5.11 Å². The minimum atomic E-state index is -1.08. The molecule has 0 bridgehead atoms. The predicted molar refractivity (Wildman–Crippen MR) is 78.3 cm³/mol. The van der Waals surface area contributed by atoms with Crippen LogP contribution in [0.2, 0.25) is 0 Å². The highest BCUT2D eigenvalue weighted by Crippen LogP contribution is 2.19. The van der Waals surface area contributed by atoms with Crippen LogP contribution in [0.3, 0.4) is 0 Å². The van der Waals surface area contributed by atoms with Gasteiger partial charge in [0.1, 0.15) is 0 Å². The minimum Gasteiger partial charge on any atom is -0.478 e. The molecule has 0 unspecified atom stereocenters. The largest absolute Gasteiger partial charge is 0.478 e. The topological polar surface area (TPSA) is 79.3 Å². The highest BCUT2D eigenvalue weighted by Gasteiger charge is 2.13. The highest BCUT2D eigenvalue weighted by atomic mass is 127. The van der Waals surface area contributed by atoms with Crippen LogP contribution >= 0.6 is 22.6 Å². The number of carboxylic acids is 1. The van der Waals surface area contributed by atoms with Crippen LogP contribution in [-0.2, 0) is 0 Å². The van der Waals surface area contributed by atoms with Crippen molar-refractivity contribution in [2.45, 2.75) is 0 Å². The number of aromatic carboxylic acids is 1. The molecule has 96 valence electrons. The van der Waals surface area contributed by atoms with E-state index in [1.165, 1.54) is 12.3 Å². The molecular weight excluding hydrogens is 359 g/mol. The van der Waals surface area contributed by atoms with Gasteiger partial charge in [-0.2, -0.15) is 0 Å². The molecule has 19 heavy (non-hydrogen) atoms. The second kappa shape index (κ2) is 5.79. The lowest BCUT2D eigenvalue weighted by Gasteiger charge is -2.08. The number of anilines is 1. The van der Waals surface area contributed by atoms with Crippen LogP contribution in [0.5, 0.6) is 0 Å². The summed E-state index contributed by atoms with van der Waals surface area (Å²) in [6.45, 7) is 0. The van der Waals surface area contributed by atoms with Crippen molar-refractivity contribution in [3.63, 3.8) is 0 Å². The number of pyridine rings is 1. The number of halogens is 1. The first-order valence-electron chi connectivity index (χ1n) is 5.32. The van der Waals surface area contributed by atoms with E-state index < -0.39 is 11.9 Å². The van der Waals surface area contributed by atoms with Gasteiger partial charge < -0.3 is 10.4 Å². The van der Waals surface area contributed by atoms with Crippen molar-refractivity contribution in [2.75, 3.05) is 5.32 Å². The third-order valence-corrected chi connectivity index (χ3v) is 3.05. The van der Waals surface area contributed by atoms with Gasteiger partial charge >= 0.3 is 5.97 Å². The standard InChI is InChI=1S/C13H9IN2O3/c14-9-3-4-11(10(6-9)13(18)19)16-12(17)8-2-1-5-15-7-8/h1-7H,(H,16,17)(H,18,19). The molecule has 1 aromatic carbocycles. The van der Waals surface area contributed by atoms with E-state index in [1.807, 2.05) is 22.6 Å². The fourth-order valence-electron chi connectivity index (χ4n) is 1.49. The summed E-state index contributed by atoms with van der Waals surface area (Å²) in [6.07, 6.45) is 2.98. The average Bonchev–Trinajstić information content (AvgIpc) is 2.41. The number of rotatable bonds is 3. The number of carbonyl (C=O) groups is 2. The summed E-state index contributed by atoms with van der Waals surface area (Å²) in [4.78, 5) is 26.9. The second-order valence-corrected chi connectivity index (χ2v) is 4.94. The third kappa shape index (κ3) is 3.28. The Bertz CT molecular complexity index is 629. The first kappa shape index (κ1) is 13.5. The second-order valence-electron chi connectivity index (χ2n) is 3.69. The summed E-state index contributed by atoms with van der Waals surface area (Å²) in [7, 11) is 0. The molecular formula is C13H9IN2O3. The van der Waals surface area contributed by atoms with Crippen molar-refractivity contribution in [3.8, 4) is 0 Å². The molecule has 0 radical (unpaired) electrons. The molecule has 1 heterocycles. The van der Waals surface area contributed by atoms with Gasteiger partial charge in [-0.25, -0.2) is 4.79 Å². The van der Waals surface area contributed by atoms with E-state index in [0.29, 0.717) is 5.56 Å². The molecule has 1 aromatic heterocycles. The van der Waals surface area contributed by atoms with Gasteiger partial charge in [-0.1, -0.05) is 0 Å². The van der Waals surface area contributed by atoms with Gasteiger partial charge in [0.15, 0.2) is 0 Å². The first-order valence-corrected chi connectivity index (χ1v) is 6.40. The minimum absolute atomic E-state index is 0.0594. The monoisotopic (exact) mass is 368 g/mol. The van der Waals surface area contributed by atoms with E-state index in [2.05, 4.69) is 10.3 Å². The van der Waals surface area contributed by atoms with Crippen LogP contribution < -0.4 is 5.32 Å². The number of hydrogen-bond donors (Lipinski definition) is 2. The number of hydrogen-bond acceptors (Lipinski definition) is 3. The Morgan fingerprint density at radius 2 is 2.05 bits per heavy atom. The lowest BCUT2D eigenvalue weighted by Crippen LogP contribution is -2.15. The van der Waals surface area contributed by atoms with Gasteiger partial charge in [0.2, 0.25) is 0 Å². The van der Waals surface area contributed by atoms with Crippen molar-refractivity contribution in [3.05, 3.63) is 57.4 Å². The van der Waals surface area contributed by atoms with Crippen molar-refractivity contribution in [1.29, 1.82) is 0 Å². The molecule has 5 nitrogen and oxygen atoms in total. The van der Waals surface area contributed by atoms with Crippen molar-refractivity contribution >= 4 is 40.2 Å². The van der Waals surface area contributed by atoms with Crippen molar-refractivity contribution < 1.29 is 14.7 Å². The van der Waals surface area contributed by atoms with Crippen molar-refractivity contribution in [2.24, 2.45) is 0 Å². The Labute approximate surface area is 122 Å². The van der Waals surface area contributed by atoms with Crippen LogP contribution in [0.1, 0.15) is 20.7 Å². The molecule has 0 saturated carbocycles. The first-order chi connectivity index (χ1) is 9.08. The Morgan fingerprint density at radius 3 is 2.68 bits per heavy atom. The maximum Gasteiger partial charge on any atom is 0.337 e. The van der Waals surface area contributed by atoms with Gasteiger partial charge in [-0.05, 0) is 52.9 Å². The lowest BCUT2D eigenvalue weighted by atomic mass is 10.1. The maximum atomic E-state index is 11.9. The summed E-state index contributed by atoms with van der Waals surface area (Å²) in [6, 6.07) is 8.05. The smallest absolute Gasteiger partial charge is 0.337 e. The summed E-state index contributed by atoms with van der Waals surface area (Å²) >= 11 is 2.01. The fourth-order valence-corrected chi connectivity index (χ4v) is 1.99. The lowest BCUT2D eigenvalue weighted by molar-refractivity contribution is 0.0698. The quantitative estimate of drug-likeness (QED) is 0.817. The van der Waals surface area contributed by atoms with E-state index in [-0.39, 0.29) is 11.3 Å². The summed E-state index contributed by atoms with van der Waals surface area (Å²) in [5.41, 5.74) is 0.697. The zero-order chi connectivity index (χ0) is 13.8. The number of nitrogens with zero attached hydrogens (tertiary/aromatic N) is 1. The normalized spacial score (nSPS) is 9.95. The van der Waals surface area contributed by atoms with Gasteiger partial charge in [0.05, 0.1) is 16.8 Å². The van der Waals surface area contributed by atoms with E-state index in [0.717, 1.165) is 3.57 Å². The fraction of sp³-hybridized carbons (Fsp3) is 0. The Balaban J connectivity index is 2.29. The van der Waals surface area contributed by atoms with Crippen LogP contribution in [0.15, 0.2) is 42.7 Å². The molecule has 2 N–H and O–H groups in total. The molecule has 0 aliphatic rings. The van der Waals surface area contributed by atoms with Crippen LogP contribution in [-0.4, -0.2) is 22.0 Å². The number of benzene rings is 1. The zero-order valence-electron chi connectivity index (χ0n) is 9.63. The number of carbonyl (C=O) groups excluding carboxylic acids is 1. The molecule has 0 aliphatic heterocycles. The highest BCUT2D eigenvalue weighted by molar-refractivity contribution is 14.1. The molecule has 1 amide bonds. The van der Waals surface area contributed by atoms with Gasteiger partial charge in [-0.3, -0.25) is 9.78 Å². The SMILES string of the molecule is O=C(Nc1ccc(I)cc1C(=O)O)c1cccnc1. The van der Waals surface area contributed by atoms with Crippen LogP contribution in [0, 0.1) is 3.57 Å². The molecule has 0 spiro atoms. The zero-order valence-corrected chi connectivity index (χ0v) is 11.8. The Morgan fingerprint density at radius 1 is 1.26 bits per heavy atom. The molecule has 2 aromatic rings. The molecule has 0 saturated heterocycles. The molecule has 6 heteroatoms. The number of carboxylic acid groups (broad SMARTS) is 1. The third-order valence-electron chi connectivity index (χ3n) is 2.38. The number of aromatic nitrogens is 1. The van der Waals surface area contributed by atoms with Gasteiger partial charge in [0.25, 0.3) is 5.91 Å². The van der Waals surface area contributed by atoms with Crippen LogP contribution in [0.4, 0.5) is 5.69 Å². The van der Waals surface area contributed by atoms with E-state index in [1.54, 1.807) is 30.5 Å². The number of amides is 1. The Kier molecular flexibility index (Phi) is 4.10. The predicted octanol–water partition coefficient (Wildman–Crippen LogP) is 2.64. The molecule has 0 aliphatic carbocycles. The van der Waals surface area contributed by atoms with Crippen LogP contribution in [0.25, 0.3) is 0 Å². The van der Waals surface area contributed by atoms with Crippen molar-refractivity contribution in [1.82, 2.24) is 4.98 Å². The Hall–Kier alpha value is -1.96. The summed E-state index contributed by atoms with van der Waals surface area (Å²) in [5, 5.41) is 11.7.